The molecule has 6 heteroatoms. The molecular formula is C18H19ClN2O2S. The predicted molar refractivity (Wildman–Crippen MR) is 96.3 cm³/mol. The van der Waals surface area contributed by atoms with E-state index in [0.29, 0.717) is 16.5 Å². The molecular weight excluding hydrogens is 344 g/mol. The Labute approximate surface area is 150 Å². The Morgan fingerprint density at radius 2 is 2.00 bits per heavy atom. The topological polar surface area (TPSA) is 58.2 Å². The van der Waals surface area contributed by atoms with Crippen LogP contribution in [0.1, 0.15) is 39.7 Å². The Balaban J connectivity index is 1.56. The molecule has 2 amide bonds. The maximum Gasteiger partial charge on any atom is 0.270 e. The standard InChI is InChI=1S/C18H19ClN2O2S/c1-11-2-7-14-15(10-24-16(14)8-11)18(23)21-20-17(22)9-12-3-5-13(19)6-4-12/h3-6,10-11H,2,7-9H2,1H3,(H,20,22)(H,21,23). The molecule has 1 heterocycles. The van der Waals surface area contributed by atoms with E-state index in [1.165, 1.54) is 4.88 Å². The van der Waals surface area contributed by atoms with Gasteiger partial charge in [-0.3, -0.25) is 20.4 Å². The van der Waals surface area contributed by atoms with Crippen LogP contribution in [0.25, 0.3) is 0 Å². The van der Waals surface area contributed by atoms with Gasteiger partial charge < -0.3 is 0 Å². The molecule has 1 aromatic heterocycles. The summed E-state index contributed by atoms with van der Waals surface area (Å²) in [5, 5.41) is 2.52. The zero-order valence-electron chi connectivity index (χ0n) is 13.4. The van der Waals surface area contributed by atoms with Crippen molar-refractivity contribution in [2.24, 2.45) is 5.92 Å². The first-order chi connectivity index (χ1) is 11.5. The molecule has 24 heavy (non-hydrogen) atoms. The molecule has 0 saturated carbocycles. The van der Waals surface area contributed by atoms with Crippen LogP contribution in [0.15, 0.2) is 29.6 Å². The van der Waals surface area contributed by atoms with Gasteiger partial charge in [-0.15, -0.1) is 11.3 Å². The molecule has 1 aromatic carbocycles. The van der Waals surface area contributed by atoms with Crippen molar-refractivity contribution in [1.29, 1.82) is 0 Å². The summed E-state index contributed by atoms with van der Waals surface area (Å²) in [5.74, 6) is 0.168. The molecule has 0 aliphatic heterocycles. The molecule has 2 aromatic rings. The van der Waals surface area contributed by atoms with Gasteiger partial charge in [0.15, 0.2) is 0 Å². The van der Waals surface area contributed by atoms with Crippen molar-refractivity contribution >= 4 is 34.8 Å². The second-order valence-electron chi connectivity index (χ2n) is 6.20. The van der Waals surface area contributed by atoms with Crippen molar-refractivity contribution in [3.05, 3.63) is 56.2 Å². The van der Waals surface area contributed by atoms with Crippen LogP contribution in [-0.2, 0) is 24.1 Å². The van der Waals surface area contributed by atoms with Gasteiger partial charge in [-0.25, -0.2) is 0 Å². The molecule has 2 N–H and O–H groups in total. The predicted octanol–water partition coefficient (Wildman–Crippen LogP) is 3.53. The average Bonchev–Trinajstić information content (AvgIpc) is 2.98. The first-order valence-electron chi connectivity index (χ1n) is 7.96. The lowest BCUT2D eigenvalue weighted by Crippen LogP contribution is -2.42. The van der Waals surface area contributed by atoms with E-state index in [0.717, 1.165) is 30.4 Å². The number of carbonyl (C=O) groups is 2. The van der Waals surface area contributed by atoms with Gasteiger partial charge in [0.05, 0.1) is 12.0 Å². The highest BCUT2D eigenvalue weighted by atomic mass is 35.5. The molecule has 126 valence electrons. The number of hydrogen-bond acceptors (Lipinski definition) is 3. The monoisotopic (exact) mass is 362 g/mol. The van der Waals surface area contributed by atoms with Crippen LogP contribution in [0.5, 0.6) is 0 Å². The Kier molecular flexibility index (Phi) is 5.21. The molecule has 1 aliphatic carbocycles. The van der Waals surface area contributed by atoms with Gasteiger partial charge in [0, 0.05) is 15.3 Å². The Bertz CT molecular complexity index is 755. The molecule has 1 aliphatic rings. The summed E-state index contributed by atoms with van der Waals surface area (Å²) >= 11 is 7.45. The van der Waals surface area contributed by atoms with E-state index < -0.39 is 0 Å². The lowest BCUT2D eigenvalue weighted by molar-refractivity contribution is -0.121. The fourth-order valence-corrected chi connectivity index (χ4v) is 4.26. The lowest BCUT2D eigenvalue weighted by atomic mass is 9.88. The van der Waals surface area contributed by atoms with Crippen LogP contribution in [0.3, 0.4) is 0 Å². The van der Waals surface area contributed by atoms with Gasteiger partial charge in [-0.1, -0.05) is 30.7 Å². The Hall–Kier alpha value is -1.85. The summed E-state index contributed by atoms with van der Waals surface area (Å²) in [7, 11) is 0. The third-order valence-corrected chi connectivity index (χ3v) is 5.54. The highest BCUT2D eigenvalue weighted by molar-refractivity contribution is 7.10. The molecule has 0 saturated heterocycles. The Morgan fingerprint density at radius 3 is 2.75 bits per heavy atom. The van der Waals surface area contributed by atoms with Gasteiger partial charge in [0.1, 0.15) is 0 Å². The van der Waals surface area contributed by atoms with Crippen molar-refractivity contribution in [3.8, 4) is 0 Å². The van der Waals surface area contributed by atoms with Gasteiger partial charge in [0.2, 0.25) is 5.91 Å². The third-order valence-electron chi connectivity index (χ3n) is 4.24. The van der Waals surface area contributed by atoms with Gasteiger partial charge in [0.25, 0.3) is 5.91 Å². The molecule has 3 rings (SSSR count). The minimum Gasteiger partial charge on any atom is -0.273 e. The molecule has 0 radical (unpaired) electrons. The number of carbonyl (C=O) groups excluding carboxylic acids is 2. The molecule has 4 nitrogen and oxygen atoms in total. The quantitative estimate of drug-likeness (QED) is 0.820. The minimum atomic E-state index is -0.261. The van der Waals surface area contributed by atoms with E-state index in [1.807, 2.05) is 5.38 Å². The van der Waals surface area contributed by atoms with Crippen molar-refractivity contribution in [2.75, 3.05) is 0 Å². The van der Waals surface area contributed by atoms with Gasteiger partial charge in [-0.2, -0.15) is 0 Å². The van der Waals surface area contributed by atoms with Crippen LogP contribution < -0.4 is 10.9 Å². The first-order valence-corrected chi connectivity index (χ1v) is 9.21. The van der Waals surface area contributed by atoms with Crippen molar-refractivity contribution in [2.45, 2.75) is 32.6 Å². The van der Waals surface area contributed by atoms with E-state index in [2.05, 4.69) is 17.8 Å². The zero-order valence-corrected chi connectivity index (χ0v) is 15.0. The highest BCUT2D eigenvalue weighted by Crippen LogP contribution is 2.32. The number of hydrazine groups is 1. The van der Waals surface area contributed by atoms with Gasteiger partial charge in [-0.05, 0) is 48.4 Å². The molecule has 0 bridgehead atoms. The van der Waals surface area contributed by atoms with E-state index >= 15 is 0 Å². The largest absolute Gasteiger partial charge is 0.273 e. The fourth-order valence-electron chi connectivity index (χ4n) is 2.89. The van der Waals surface area contributed by atoms with Crippen LogP contribution in [0.2, 0.25) is 5.02 Å². The van der Waals surface area contributed by atoms with Crippen LogP contribution in [-0.4, -0.2) is 11.8 Å². The molecule has 0 spiro atoms. The lowest BCUT2D eigenvalue weighted by Gasteiger charge is -2.18. The summed E-state index contributed by atoms with van der Waals surface area (Å²) in [5.41, 5.74) is 7.67. The van der Waals surface area contributed by atoms with E-state index in [4.69, 9.17) is 11.6 Å². The first kappa shape index (κ1) is 17.0. The van der Waals surface area contributed by atoms with E-state index in [1.54, 1.807) is 35.6 Å². The summed E-state index contributed by atoms with van der Waals surface area (Å²) in [4.78, 5) is 25.6. The van der Waals surface area contributed by atoms with Crippen LogP contribution in [0.4, 0.5) is 0 Å². The third kappa shape index (κ3) is 3.97. The van der Waals surface area contributed by atoms with Crippen LogP contribution >= 0.6 is 22.9 Å². The maximum absolute atomic E-state index is 12.3. The molecule has 1 atom stereocenters. The second-order valence-corrected chi connectivity index (χ2v) is 7.61. The number of fused-ring (bicyclic) bond motifs is 1. The number of nitrogens with one attached hydrogen (secondary N) is 2. The van der Waals surface area contributed by atoms with Gasteiger partial charge >= 0.3 is 0 Å². The van der Waals surface area contributed by atoms with Crippen LogP contribution in [0, 0.1) is 5.92 Å². The number of benzene rings is 1. The average molecular weight is 363 g/mol. The SMILES string of the molecule is CC1CCc2c(C(=O)NNC(=O)Cc3ccc(Cl)cc3)csc2C1. The zero-order chi connectivity index (χ0) is 17.1. The van der Waals surface area contributed by atoms with E-state index in [9.17, 15) is 9.59 Å². The summed E-state index contributed by atoms with van der Waals surface area (Å²) in [6, 6.07) is 7.06. The molecule has 1 unspecified atom stereocenters. The second kappa shape index (κ2) is 7.36. The number of rotatable bonds is 3. The van der Waals surface area contributed by atoms with Crippen molar-refractivity contribution in [3.63, 3.8) is 0 Å². The smallest absolute Gasteiger partial charge is 0.270 e. The number of halogens is 1. The fraction of sp³-hybridized carbons (Fsp3) is 0.333. The number of hydrogen-bond donors (Lipinski definition) is 2. The van der Waals surface area contributed by atoms with Crippen molar-refractivity contribution in [1.82, 2.24) is 10.9 Å². The Morgan fingerprint density at radius 1 is 1.25 bits per heavy atom. The number of amides is 2. The summed E-state index contributed by atoms with van der Waals surface area (Å²) in [6.45, 7) is 2.24. The van der Waals surface area contributed by atoms with E-state index in [-0.39, 0.29) is 18.2 Å². The normalized spacial score (nSPS) is 16.3. The summed E-state index contributed by atoms with van der Waals surface area (Å²) in [6.07, 6.45) is 3.27. The van der Waals surface area contributed by atoms with Crippen molar-refractivity contribution < 1.29 is 9.59 Å². The minimum absolute atomic E-state index is 0.191. The molecule has 0 fully saturated rings. The maximum atomic E-state index is 12.3. The highest BCUT2D eigenvalue weighted by Gasteiger charge is 2.23. The number of thiophene rings is 1. The summed E-state index contributed by atoms with van der Waals surface area (Å²) < 4.78 is 0.